The highest BCUT2D eigenvalue weighted by Gasteiger charge is 2.30. The minimum atomic E-state index is -0.199. The minimum Gasteiger partial charge on any atom is -0.507 e. The van der Waals surface area contributed by atoms with Crippen LogP contribution in [0.25, 0.3) is 33.8 Å². The van der Waals surface area contributed by atoms with Gasteiger partial charge in [0.05, 0.1) is 11.1 Å². The van der Waals surface area contributed by atoms with E-state index in [0.29, 0.717) is 58.3 Å². The number of amides is 1. The number of halogens is 1. The highest BCUT2D eigenvalue weighted by Crippen LogP contribution is 2.38. The number of aromatic nitrogens is 5. The zero-order valence-electron chi connectivity index (χ0n) is 17.7. The molecule has 1 fully saturated rings. The molecule has 12 heteroatoms. The molecule has 0 aliphatic carbocycles. The van der Waals surface area contributed by atoms with E-state index in [-0.39, 0.29) is 29.2 Å². The summed E-state index contributed by atoms with van der Waals surface area (Å²) in [6.45, 7) is 3.38. The lowest BCUT2D eigenvalue weighted by Crippen LogP contribution is -2.32. The topological polar surface area (TPSA) is 162 Å². The van der Waals surface area contributed by atoms with Crippen molar-refractivity contribution in [3.63, 3.8) is 0 Å². The Morgan fingerprint density at radius 1 is 1.33 bits per heavy atom. The van der Waals surface area contributed by atoms with Gasteiger partial charge >= 0.3 is 0 Å². The van der Waals surface area contributed by atoms with E-state index in [0.717, 1.165) is 6.42 Å². The van der Waals surface area contributed by atoms with E-state index in [9.17, 15) is 9.90 Å². The fraction of sp³-hybridized carbons (Fsp3) is 0.286. The van der Waals surface area contributed by atoms with Gasteiger partial charge in [0.15, 0.2) is 17.3 Å². The van der Waals surface area contributed by atoms with Gasteiger partial charge in [-0.1, -0.05) is 11.6 Å². The third kappa shape index (κ3) is 3.45. The van der Waals surface area contributed by atoms with Crippen LogP contribution in [0.4, 0.5) is 5.82 Å². The number of benzene rings is 1. The van der Waals surface area contributed by atoms with Crippen LogP contribution in [-0.4, -0.2) is 59.9 Å². The molecule has 11 nitrogen and oxygen atoms in total. The fourth-order valence-electron chi connectivity index (χ4n) is 4.18. The number of aryl methyl sites for hydroxylation is 1. The van der Waals surface area contributed by atoms with Crippen molar-refractivity contribution in [1.29, 1.82) is 0 Å². The van der Waals surface area contributed by atoms with Crippen LogP contribution in [0, 0.1) is 0 Å². The molecule has 4 heterocycles. The van der Waals surface area contributed by atoms with Crippen LogP contribution in [-0.2, 0) is 6.54 Å². The Balaban J connectivity index is 1.81. The van der Waals surface area contributed by atoms with Crippen LogP contribution in [0.3, 0.4) is 0 Å². The van der Waals surface area contributed by atoms with Crippen molar-refractivity contribution in [2.24, 2.45) is 5.73 Å². The summed E-state index contributed by atoms with van der Waals surface area (Å²) in [5.41, 5.74) is 14.2. The number of nitrogens with two attached hydrogens (primary N) is 2. The van der Waals surface area contributed by atoms with Gasteiger partial charge in [-0.25, -0.2) is 9.61 Å². The van der Waals surface area contributed by atoms with E-state index in [4.69, 9.17) is 32.7 Å². The summed E-state index contributed by atoms with van der Waals surface area (Å²) in [7, 11) is 0. The smallest absolute Gasteiger partial charge is 0.257 e. The molecule has 170 valence electrons. The summed E-state index contributed by atoms with van der Waals surface area (Å²) in [6.07, 6.45) is 2.22. The van der Waals surface area contributed by atoms with Gasteiger partial charge in [-0.15, -0.1) is 0 Å². The molecule has 1 aromatic carbocycles. The van der Waals surface area contributed by atoms with Crippen LogP contribution in [0.5, 0.6) is 5.75 Å². The number of aromatic hydroxyl groups is 1. The van der Waals surface area contributed by atoms with Gasteiger partial charge in [0.1, 0.15) is 17.0 Å². The Kier molecular flexibility index (Phi) is 5.14. The second-order valence-corrected chi connectivity index (χ2v) is 8.29. The van der Waals surface area contributed by atoms with E-state index in [1.54, 1.807) is 21.6 Å². The van der Waals surface area contributed by atoms with Gasteiger partial charge in [0.2, 0.25) is 0 Å². The Bertz CT molecular complexity index is 1380. The van der Waals surface area contributed by atoms with Crippen LogP contribution < -0.4 is 11.5 Å². The quantitative estimate of drug-likeness (QED) is 0.407. The average Bonchev–Trinajstić information content (AvgIpc) is 3.52. The minimum absolute atomic E-state index is 0.0204. The zero-order chi connectivity index (χ0) is 23.3. The molecule has 3 aromatic heterocycles. The van der Waals surface area contributed by atoms with Crippen LogP contribution in [0.2, 0.25) is 5.02 Å². The Hall–Kier alpha value is -3.70. The predicted octanol–water partition coefficient (Wildman–Crippen LogP) is 2.28. The molecule has 1 atom stereocenters. The van der Waals surface area contributed by atoms with Crippen molar-refractivity contribution in [1.82, 2.24) is 29.7 Å². The maximum Gasteiger partial charge on any atom is 0.257 e. The lowest BCUT2D eigenvalue weighted by molar-refractivity contribution is 0.0792. The Labute approximate surface area is 192 Å². The number of hydrogen-bond donors (Lipinski definition) is 3. The third-order valence-corrected chi connectivity index (χ3v) is 6.00. The third-order valence-electron chi connectivity index (χ3n) is 5.77. The van der Waals surface area contributed by atoms with Gasteiger partial charge in [0, 0.05) is 42.5 Å². The van der Waals surface area contributed by atoms with E-state index >= 15 is 0 Å². The van der Waals surface area contributed by atoms with Gasteiger partial charge in [0.25, 0.3) is 5.91 Å². The maximum atomic E-state index is 13.5. The number of imidazole rings is 1. The standard InChI is InChI=1S/C21H21ClN8O3/c1-2-30-18-13(21(32)29-6-5-11(23)9-29)8-25-15(12-7-10(22)3-4-14(12)31)16(18)26-20(30)17-19(24)28-33-27-17/h3-4,7-8,11,31H,2,5-6,9,23H2,1H3,(H2,24,28). The first kappa shape index (κ1) is 21.2. The zero-order valence-corrected chi connectivity index (χ0v) is 18.5. The summed E-state index contributed by atoms with van der Waals surface area (Å²) < 4.78 is 6.58. The number of pyridine rings is 1. The summed E-state index contributed by atoms with van der Waals surface area (Å²) >= 11 is 6.18. The highest BCUT2D eigenvalue weighted by atomic mass is 35.5. The van der Waals surface area contributed by atoms with Crippen LogP contribution in [0.1, 0.15) is 23.7 Å². The van der Waals surface area contributed by atoms with Crippen molar-refractivity contribution in [2.75, 3.05) is 18.8 Å². The SMILES string of the molecule is CCn1c(-c2nonc2N)nc2c(-c3cc(Cl)ccc3O)ncc(C(=O)N3CCC(N)C3)c21. The summed E-state index contributed by atoms with van der Waals surface area (Å²) in [5.74, 6) is 0.218. The molecule has 4 aromatic rings. The predicted molar refractivity (Wildman–Crippen MR) is 122 cm³/mol. The Morgan fingerprint density at radius 2 is 2.15 bits per heavy atom. The molecule has 1 saturated heterocycles. The number of carbonyl (C=O) groups is 1. The highest BCUT2D eigenvalue weighted by molar-refractivity contribution is 6.31. The molecular formula is C21H21ClN8O3. The first-order chi connectivity index (χ1) is 15.9. The second-order valence-electron chi connectivity index (χ2n) is 7.86. The van der Waals surface area contributed by atoms with E-state index in [1.165, 1.54) is 12.3 Å². The summed E-state index contributed by atoms with van der Waals surface area (Å²) in [4.78, 5) is 24.4. The molecular weight excluding hydrogens is 448 g/mol. The van der Waals surface area contributed by atoms with Crippen molar-refractivity contribution in [3.05, 3.63) is 35.0 Å². The number of phenolic OH excluding ortho intramolecular Hbond substituents is 1. The average molecular weight is 469 g/mol. The normalized spacial score (nSPS) is 16.1. The van der Waals surface area contributed by atoms with E-state index in [2.05, 4.69) is 15.3 Å². The molecule has 1 unspecified atom stereocenters. The molecule has 1 aliphatic heterocycles. The first-order valence-corrected chi connectivity index (χ1v) is 10.8. The Morgan fingerprint density at radius 3 is 2.82 bits per heavy atom. The van der Waals surface area contributed by atoms with Crippen LogP contribution in [0.15, 0.2) is 29.0 Å². The van der Waals surface area contributed by atoms with Gasteiger partial charge < -0.3 is 26.0 Å². The number of nitrogen functional groups attached to an aromatic ring is 1. The van der Waals surface area contributed by atoms with Gasteiger partial charge in [-0.2, -0.15) is 0 Å². The summed E-state index contributed by atoms with van der Waals surface area (Å²) in [5, 5.41) is 18.5. The number of nitrogens with zero attached hydrogens (tertiary/aromatic N) is 6. The molecule has 1 amide bonds. The van der Waals surface area contributed by atoms with Crippen molar-refractivity contribution in [2.45, 2.75) is 25.9 Å². The molecule has 33 heavy (non-hydrogen) atoms. The fourth-order valence-corrected chi connectivity index (χ4v) is 4.35. The number of likely N-dealkylation sites (tertiary alicyclic amines) is 1. The monoisotopic (exact) mass is 468 g/mol. The lowest BCUT2D eigenvalue weighted by atomic mass is 10.1. The maximum absolute atomic E-state index is 13.5. The van der Waals surface area contributed by atoms with Crippen molar-refractivity contribution in [3.8, 4) is 28.5 Å². The van der Waals surface area contributed by atoms with Crippen LogP contribution >= 0.6 is 11.6 Å². The van der Waals surface area contributed by atoms with Gasteiger partial charge in [-0.3, -0.25) is 9.78 Å². The number of carbonyl (C=O) groups excluding carboxylic acids is 1. The lowest BCUT2D eigenvalue weighted by Gasteiger charge is -2.17. The van der Waals surface area contributed by atoms with E-state index in [1.807, 2.05) is 6.92 Å². The second kappa shape index (κ2) is 8.01. The molecule has 5 rings (SSSR count). The van der Waals surface area contributed by atoms with Gasteiger partial charge in [-0.05, 0) is 41.9 Å². The number of phenols is 1. The van der Waals surface area contributed by atoms with E-state index < -0.39 is 0 Å². The number of fused-ring (bicyclic) bond motifs is 1. The number of rotatable bonds is 4. The number of hydrogen-bond acceptors (Lipinski definition) is 9. The molecule has 0 spiro atoms. The number of anilines is 1. The first-order valence-electron chi connectivity index (χ1n) is 10.4. The summed E-state index contributed by atoms with van der Waals surface area (Å²) in [6, 6.07) is 4.58. The molecule has 0 bridgehead atoms. The van der Waals surface area contributed by atoms with Crippen molar-refractivity contribution >= 4 is 34.4 Å². The molecule has 0 radical (unpaired) electrons. The van der Waals surface area contributed by atoms with Crippen molar-refractivity contribution < 1.29 is 14.5 Å². The molecule has 0 saturated carbocycles. The largest absolute Gasteiger partial charge is 0.507 e. The molecule has 1 aliphatic rings. The molecule has 5 N–H and O–H groups in total.